The van der Waals surface area contributed by atoms with Crippen molar-refractivity contribution >= 4 is 0 Å². The standard InChI is InChI=1S/C11H16N2O2/c14-9-5-3-8(4-6-9)11-12-10(13-15-11)7-1-2-7/h7-9,14H,1-6H2. The number of hydrogen-bond acceptors (Lipinski definition) is 4. The first-order valence-electron chi connectivity index (χ1n) is 5.84. The molecular weight excluding hydrogens is 192 g/mol. The van der Waals surface area contributed by atoms with Crippen LogP contribution in [0.3, 0.4) is 0 Å². The van der Waals surface area contributed by atoms with Crippen LogP contribution in [0.25, 0.3) is 0 Å². The van der Waals surface area contributed by atoms with Gasteiger partial charge in [-0.1, -0.05) is 5.16 Å². The summed E-state index contributed by atoms with van der Waals surface area (Å²) in [5.41, 5.74) is 0. The van der Waals surface area contributed by atoms with Crippen molar-refractivity contribution < 1.29 is 9.63 Å². The molecule has 15 heavy (non-hydrogen) atoms. The first-order chi connectivity index (χ1) is 7.33. The fourth-order valence-electron chi connectivity index (χ4n) is 2.24. The van der Waals surface area contributed by atoms with Gasteiger partial charge in [0.25, 0.3) is 0 Å². The van der Waals surface area contributed by atoms with Crippen LogP contribution in [-0.4, -0.2) is 21.4 Å². The topological polar surface area (TPSA) is 59.2 Å². The summed E-state index contributed by atoms with van der Waals surface area (Å²) in [6.07, 6.45) is 6.00. The van der Waals surface area contributed by atoms with E-state index in [-0.39, 0.29) is 6.10 Å². The Bertz CT molecular complexity index is 338. The van der Waals surface area contributed by atoms with Crippen LogP contribution < -0.4 is 0 Å². The highest BCUT2D eigenvalue weighted by Crippen LogP contribution is 2.39. The summed E-state index contributed by atoms with van der Waals surface area (Å²) in [6.45, 7) is 0. The minimum Gasteiger partial charge on any atom is -0.393 e. The maximum absolute atomic E-state index is 9.41. The van der Waals surface area contributed by atoms with Gasteiger partial charge in [0.15, 0.2) is 5.82 Å². The van der Waals surface area contributed by atoms with Crippen LogP contribution in [0.4, 0.5) is 0 Å². The monoisotopic (exact) mass is 208 g/mol. The molecule has 0 aliphatic heterocycles. The van der Waals surface area contributed by atoms with Gasteiger partial charge >= 0.3 is 0 Å². The molecule has 0 atom stereocenters. The lowest BCUT2D eigenvalue weighted by atomic mass is 9.87. The molecule has 0 radical (unpaired) electrons. The number of aliphatic hydroxyl groups is 1. The number of aliphatic hydroxyl groups excluding tert-OH is 1. The third-order valence-electron chi connectivity index (χ3n) is 3.45. The molecule has 4 nitrogen and oxygen atoms in total. The van der Waals surface area contributed by atoms with Crippen molar-refractivity contribution in [2.45, 2.75) is 56.5 Å². The lowest BCUT2D eigenvalue weighted by Crippen LogP contribution is -2.17. The van der Waals surface area contributed by atoms with Crippen molar-refractivity contribution in [2.75, 3.05) is 0 Å². The van der Waals surface area contributed by atoms with E-state index in [1.807, 2.05) is 0 Å². The van der Waals surface area contributed by atoms with Gasteiger partial charge in [0, 0.05) is 11.8 Å². The van der Waals surface area contributed by atoms with Gasteiger partial charge in [-0.2, -0.15) is 4.98 Å². The van der Waals surface area contributed by atoms with Gasteiger partial charge in [-0.05, 0) is 38.5 Å². The summed E-state index contributed by atoms with van der Waals surface area (Å²) < 4.78 is 5.30. The van der Waals surface area contributed by atoms with E-state index < -0.39 is 0 Å². The maximum atomic E-state index is 9.41. The van der Waals surface area contributed by atoms with Crippen molar-refractivity contribution in [3.8, 4) is 0 Å². The Labute approximate surface area is 88.7 Å². The minimum atomic E-state index is -0.118. The zero-order chi connectivity index (χ0) is 10.3. The van der Waals surface area contributed by atoms with E-state index in [1.165, 1.54) is 12.8 Å². The highest BCUT2D eigenvalue weighted by atomic mass is 16.5. The zero-order valence-corrected chi connectivity index (χ0v) is 8.72. The first-order valence-corrected chi connectivity index (χ1v) is 5.84. The number of aromatic nitrogens is 2. The summed E-state index contributed by atoms with van der Waals surface area (Å²) in [7, 11) is 0. The SMILES string of the molecule is OC1CCC(c2nc(C3CC3)no2)CC1. The summed E-state index contributed by atoms with van der Waals surface area (Å²) in [5, 5.41) is 13.4. The minimum absolute atomic E-state index is 0.118. The second-order valence-corrected chi connectivity index (χ2v) is 4.77. The molecule has 2 aliphatic carbocycles. The van der Waals surface area contributed by atoms with Crippen LogP contribution in [0.2, 0.25) is 0 Å². The Hall–Kier alpha value is -0.900. The lowest BCUT2D eigenvalue weighted by Gasteiger charge is -2.22. The van der Waals surface area contributed by atoms with Gasteiger partial charge in [-0.3, -0.25) is 0 Å². The molecule has 0 amide bonds. The van der Waals surface area contributed by atoms with E-state index in [4.69, 9.17) is 4.52 Å². The average Bonchev–Trinajstić information content (AvgIpc) is 2.99. The molecule has 1 aromatic rings. The van der Waals surface area contributed by atoms with Crippen LogP contribution in [0.5, 0.6) is 0 Å². The second kappa shape index (κ2) is 3.59. The van der Waals surface area contributed by atoms with E-state index in [0.29, 0.717) is 11.8 Å². The zero-order valence-electron chi connectivity index (χ0n) is 8.72. The highest BCUT2D eigenvalue weighted by molar-refractivity contribution is 5.05. The average molecular weight is 208 g/mol. The van der Waals surface area contributed by atoms with Crippen LogP contribution in [-0.2, 0) is 0 Å². The highest BCUT2D eigenvalue weighted by Gasteiger charge is 2.31. The normalized spacial score (nSPS) is 31.8. The fourth-order valence-corrected chi connectivity index (χ4v) is 2.24. The second-order valence-electron chi connectivity index (χ2n) is 4.77. The van der Waals surface area contributed by atoms with Crippen molar-refractivity contribution in [2.24, 2.45) is 0 Å². The number of nitrogens with zero attached hydrogens (tertiary/aromatic N) is 2. The van der Waals surface area contributed by atoms with Gasteiger partial charge in [0.05, 0.1) is 6.10 Å². The Morgan fingerprint density at radius 2 is 1.67 bits per heavy atom. The largest absolute Gasteiger partial charge is 0.393 e. The van der Waals surface area contributed by atoms with Crippen LogP contribution >= 0.6 is 0 Å². The van der Waals surface area contributed by atoms with Gasteiger partial charge in [-0.15, -0.1) is 0 Å². The van der Waals surface area contributed by atoms with E-state index >= 15 is 0 Å². The predicted octanol–water partition coefficient (Wildman–Crippen LogP) is 1.97. The molecule has 4 heteroatoms. The van der Waals surface area contributed by atoms with Crippen LogP contribution in [0.15, 0.2) is 4.52 Å². The van der Waals surface area contributed by atoms with Gasteiger partial charge in [-0.25, -0.2) is 0 Å². The van der Waals surface area contributed by atoms with Gasteiger partial charge in [0.2, 0.25) is 5.89 Å². The predicted molar refractivity (Wildman–Crippen MR) is 53.5 cm³/mol. The van der Waals surface area contributed by atoms with Crippen molar-refractivity contribution in [1.29, 1.82) is 0 Å². The molecule has 1 aromatic heterocycles. The molecule has 1 heterocycles. The first kappa shape index (κ1) is 9.33. The third kappa shape index (κ3) is 1.91. The van der Waals surface area contributed by atoms with Crippen molar-refractivity contribution in [3.05, 3.63) is 11.7 Å². The molecule has 0 spiro atoms. The number of rotatable bonds is 2. The van der Waals surface area contributed by atoms with Gasteiger partial charge < -0.3 is 9.63 Å². The Balaban J connectivity index is 1.69. The van der Waals surface area contributed by atoms with E-state index in [1.54, 1.807) is 0 Å². The molecular formula is C11H16N2O2. The van der Waals surface area contributed by atoms with Crippen LogP contribution in [0.1, 0.15) is 62.1 Å². The van der Waals surface area contributed by atoms with Crippen molar-refractivity contribution in [3.63, 3.8) is 0 Å². The molecule has 0 saturated heterocycles. The van der Waals surface area contributed by atoms with Crippen LogP contribution in [0, 0.1) is 0 Å². The summed E-state index contributed by atoms with van der Waals surface area (Å²) in [6, 6.07) is 0. The maximum Gasteiger partial charge on any atom is 0.229 e. The molecule has 0 aromatic carbocycles. The van der Waals surface area contributed by atoms with E-state index in [9.17, 15) is 5.11 Å². The molecule has 0 unspecified atom stereocenters. The number of hydrogen-bond donors (Lipinski definition) is 1. The summed E-state index contributed by atoms with van der Waals surface area (Å²) in [4.78, 5) is 4.46. The summed E-state index contributed by atoms with van der Waals surface area (Å²) in [5.74, 6) is 2.64. The molecule has 0 bridgehead atoms. The third-order valence-corrected chi connectivity index (χ3v) is 3.45. The molecule has 82 valence electrons. The van der Waals surface area contributed by atoms with E-state index in [2.05, 4.69) is 10.1 Å². The Morgan fingerprint density at radius 1 is 1.00 bits per heavy atom. The Kier molecular flexibility index (Phi) is 2.24. The molecule has 2 aliphatic rings. The lowest BCUT2D eigenvalue weighted by molar-refractivity contribution is 0.116. The van der Waals surface area contributed by atoms with Gasteiger partial charge in [0.1, 0.15) is 0 Å². The molecule has 2 saturated carbocycles. The van der Waals surface area contributed by atoms with Crippen molar-refractivity contribution in [1.82, 2.24) is 10.1 Å². The van der Waals surface area contributed by atoms with E-state index in [0.717, 1.165) is 37.4 Å². The molecule has 2 fully saturated rings. The Morgan fingerprint density at radius 3 is 2.33 bits per heavy atom. The molecule has 3 rings (SSSR count). The smallest absolute Gasteiger partial charge is 0.229 e. The summed E-state index contributed by atoms with van der Waals surface area (Å²) >= 11 is 0. The fraction of sp³-hybridized carbons (Fsp3) is 0.818. The molecule has 1 N–H and O–H groups in total. The quantitative estimate of drug-likeness (QED) is 0.807.